The molecule has 0 radical (unpaired) electrons. The van der Waals surface area contributed by atoms with Gasteiger partial charge in [-0.25, -0.2) is 0 Å². The molecule has 16 heavy (non-hydrogen) atoms. The molecule has 1 rings (SSSR count). The third-order valence-corrected chi connectivity index (χ3v) is 2.53. The van der Waals surface area contributed by atoms with Gasteiger partial charge in [-0.15, -0.1) is 0 Å². The Morgan fingerprint density at radius 3 is 2.50 bits per heavy atom. The average Bonchev–Trinajstić information content (AvgIpc) is 2.29. The van der Waals surface area contributed by atoms with Crippen molar-refractivity contribution in [3.63, 3.8) is 0 Å². The highest BCUT2D eigenvalue weighted by Gasteiger charge is 2.03. The lowest BCUT2D eigenvalue weighted by Crippen LogP contribution is -1.92. The number of allylic oxidation sites excluding steroid dienone is 2. The molecule has 1 aromatic carbocycles. The molecule has 0 heterocycles. The summed E-state index contributed by atoms with van der Waals surface area (Å²) in [5.41, 5.74) is 2.72. The van der Waals surface area contributed by atoms with Gasteiger partial charge in [0.2, 0.25) is 0 Å². The Labute approximate surface area is 98.8 Å². The van der Waals surface area contributed by atoms with Gasteiger partial charge >= 0.3 is 0 Å². The van der Waals surface area contributed by atoms with Gasteiger partial charge in [-0.3, -0.25) is 0 Å². The van der Waals surface area contributed by atoms with Crippen molar-refractivity contribution in [2.24, 2.45) is 5.92 Å². The summed E-state index contributed by atoms with van der Waals surface area (Å²) >= 11 is 0. The fourth-order valence-corrected chi connectivity index (χ4v) is 1.78. The first-order valence-electron chi connectivity index (χ1n) is 6.09. The minimum atomic E-state index is 0.278. The van der Waals surface area contributed by atoms with Crippen molar-refractivity contribution in [3.05, 3.63) is 42.0 Å². The molecule has 0 aromatic heterocycles. The summed E-state index contributed by atoms with van der Waals surface area (Å²) in [5, 5.41) is 8.80. The largest absolute Gasteiger partial charge is 0.396 e. The van der Waals surface area contributed by atoms with E-state index >= 15 is 0 Å². The SMILES string of the molecule is CC(C)C/C(=C/CCCO)c1ccccc1. The average molecular weight is 218 g/mol. The first-order valence-corrected chi connectivity index (χ1v) is 6.09. The maximum absolute atomic E-state index is 8.80. The Morgan fingerprint density at radius 1 is 1.25 bits per heavy atom. The minimum absolute atomic E-state index is 0.278. The van der Waals surface area contributed by atoms with Gasteiger partial charge < -0.3 is 5.11 Å². The van der Waals surface area contributed by atoms with E-state index in [1.807, 2.05) is 6.07 Å². The van der Waals surface area contributed by atoms with Gasteiger partial charge in [0, 0.05) is 6.61 Å². The molecule has 0 unspecified atom stereocenters. The van der Waals surface area contributed by atoms with Gasteiger partial charge in [-0.2, -0.15) is 0 Å². The van der Waals surface area contributed by atoms with Gasteiger partial charge in [0.05, 0.1) is 0 Å². The van der Waals surface area contributed by atoms with E-state index < -0.39 is 0 Å². The lowest BCUT2D eigenvalue weighted by molar-refractivity contribution is 0.289. The molecule has 0 atom stereocenters. The summed E-state index contributed by atoms with van der Waals surface area (Å²) in [7, 11) is 0. The smallest absolute Gasteiger partial charge is 0.0433 e. The first kappa shape index (κ1) is 13.0. The van der Waals surface area contributed by atoms with Crippen molar-refractivity contribution in [3.8, 4) is 0 Å². The van der Waals surface area contributed by atoms with Crippen molar-refractivity contribution in [1.82, 2.24) is 0 Å². The lowest BCUT2D eigenvalue weighted by Gasteiger charge is -2.10. The van der Waals surface area contributed by atoms with E-state index in [0.29, 0.717) is 5.92 Å². The van der Waals surface area contributed by atoms with E-state index in [1.54, 1.807) is 0 Å². The standard InChI is InChI=1S/C15H22O/c1-13(2)12-15(10-6-7-11-16)14-8-4-3-5-9-14/h3-5,8-10,13,16H,6-7,11-12H2,1-2H3/b15-10-. The van der Waals surface area contributed by atoms with Crippen LogP contribution < -0.4 is 0 Å². The Bertz CT molecular complexity index is 311. The highest BCUT2D eigenvalue weighted by atomic mass is 16.2. The summed E-state index contributed by atoms with van der Waals surface area (Å²) in [5.74, 6) is 0.667. The fourth-order valence-electron chi connectivity index (χ4n) is 1.78. The summed E-state index contributed by atoms with van der Waals surface area (Å²) in [6.07, 6.45) is 5.20. The van der Waals surface area contributed by atoms with Crippen molar-refractivity contribution in [2.45, 2.75) is 33.1 Å². The molecule has 0 fully saturated rings. The molecule has 0 aliphatic heterocycles. The topological polar surface area (TPSA) is 20.2 Å². The molecule has 88 valence electrons. The Morgan fingerprint density at radius 2 is 1.94 bits per heavy atom. The Balaban J connectivity index is 2.75. The molecule has 0 saturated heterocycles. The second kappa shape index (κ2) is 7.24. The van der Waals surface area contributed by atoms with Crippen LogP contribution in [0.25, 0.3) is 5.57 Å². The monoisotopic (exact) mass is 218 g/mol. The Hall–Kier alpha value is -1.08. The third kappa shape index (κ3) is 4.63. The van der Waals surface area contributed by atoms with E-state index in [1.165, 1.54) is 11.1 Å². The molecule has 0 saturated carbocycles. The molecule has 0 aliphatic carbocycles. The lowest BCUT2D eigenvalue weighted by atomic mass is 9.95. The number of unbranched alkanes of at least 4 members (excludes halogenated alkanes) is 1. The molecule has 1 nitrogen and oxygen atoms in total. The second-order valence-corrected chi connectivity index (χ2v) is 4.56. The third-order valence-electron chi connectivity index (χ3n) is 2.53. The number of aliphatic hydroxyl groups excluding tert-OH is 1. The van der Waals surface area contributed by atoms with Gasteiger partial charge in [0.15, 0.2) is 0 Å². The molecule has 0 spiro atoms. The van der Waals surface area contributed by atoms with Crippen LogP contribution in [0.2, 0.25) is 0 Å². The molecule has 1 aromatic rings. The summed E-state index contributed by atoms with van der Waals surface area (Å²) in [4.78, 5) is 0. The van der Waals surface area contributed by atoms with Crippen LogP contribution in [0.15, 0.2) is 36.4 Å². The van der Waals surface area contributed by atoms with Gasteiger partial charge in [-0.1, -0.05) is 50.3 Å². The number of aliphatic hydroxyl groups is 1. The van der Waals surface area contributed by atoms with Crippen LogP contribution in [0.3, 0.4) is 0 Å². The van der Waals surface area contributed by atoms with E-state index in [4.69, 9.17) is 5.11 Å². The van der Waals surface area contributed by atoms with Crippen molar-refractivity contribution >= 4 is 5.57 Å². The van der Waals surface area contributed by atoms with Crippen LogP contribution in [0.5, 0.6) is 0 Å². The molecular formula is C15H22O. The maximum atomic E-state index is 8.80. The molecule has 0 aliphatic rings. The Kier molecular flexibility index (Phi) is 5.87. The predicted molar refractivity (Wildman–Crippen MR) is 70.2 cm³/mol. The summed E-state index contributed by atoms with van der Waals surface area (Å²) < 4.78 is 0. The zero-order valence-electron chi connectivity index (χ0n) is 10.3. The van der Waals surface area contributed by atoms with Crippen molar-refractivity contribution in [2.75, 3.05) is 6.61 Å². The first-order chi connectivity index (χ1) is 7.74. The van der Waals surface area contributed by atoms with Gasteiger partial charge in [0.25, 0.3) is 0 Å². The van der Waals surface area contributed by atoms with Gasteiger partial charge in [0.1, 0.15) is 0 Å². The summed E-state index contributed by atoms with van der Waals surface area (Å²) in [6, 6.07) is 10.5. The number of benzene rings is 1. The zero-order chi connectivity index (χ0) is 11.8. The highest BCUT2D eigenvalue weighted by Crippen LogP contribution is 2.23. The molecule has 1 N–H and O–H groups in total. The molecule has 0 bridgehead atoms. The van der Waals surface area contributed by atoms with Crippen LogP contribution in [0.1, 0.15) is 38.7 Å². The van der Waals surface area contributed by atoms with Gasteiger partial charge in [-0.05, 0) is 36.3 Å². The van der Waals surface area contributed by atoms with E-state index in [2.05, 4.69) is 44.2 Å². The quantitative estimate of drug-likeness (QED) is 0.718. The van der Waals surface area contributed by atoms with E-state index in [9.17, 15) is 0 Å². The maximum Gasteiger partial charge on any atom is 0.0433 e. The number of rotatable bonds is 6. The molecule has 1 heteroatoms. The highest BCUT2D eigenvalue weighted by molar-refractivity contribution is 5.65. The fraction of sp³-hybridized carbons (Fsp3) is 0.467. The van der Waals surface area contributed by atoms with Crippen LogP contribution in [0.4, 0.5) is 0 Å². The number of hydrogen-bond acceptors (Lipinski definition) is 1. The predicted octanol–water partition coefficient (Wildman–Crippen LogP) is 3.89. The van der Waals surface area contributed by atoms with E-state index in [0.717, 1.165) is 19.3 Å². The minimum Gasteiger partial charge on any atom is -0.396 e. The summed E-state index contributed by atoms with van der Waals surface area (Å²) in [6.45, 7) is 4.76. The van der Waals surface area contributed by atoms with Crippen molar-refractivity contribution < 1.29 is 5.11 Å². The number of hydrogen-bond donors (Lipinski definition) is 1. The van der Waals surface area contributed by atoms with Crippen LogP contribution in [-0.2, 0) is 0 Å². The van der Waals surface area contributed by atoms with Crippen LogP contribution >= 0.6 is 0 Å². The molecular weight excluding hydrogens is 196 g/mol. The van der Waals surface area contributed by atoms with E-state index in [-0.39, 0.29) is 6.61 Å². The molecule has 0 amide bonds. The zero-order valence-corrected chi connectivity index (χ0v) is 10.3. The van der Waals surface area contributed by atoms with Crippen LogP contribution in [-0.4, -0.2) is 11.7 Å². The normalized spacial score (nSPS) is 12.1. The second-order valence-electron chi connectivity index (χ2n) is 4.56. The van der Waals surface area contributed by atoms with Crippen molar-refractivity contribution in [1.29, 1.82) is 0 Å². The van der Waals surface area contributed by atoms with Crippen LogP contribution in [0, 0.1) is 5.92 Å².